The van der Waals surface area contributed by atoms with Crippen molar-refractivity contribution in [1.29, 1.82) is 0 Å². The van der Waals surface area contributed by atoms with Gasteiger partial charge in [-0.2, -0.15) is 0 Å². The molecule has 0 unspecified atom stereocenters. The van der Waals surface area contributed by atoms with Gasteiger partial charge in [0.15, 0.2) is 0 Å². The molecule has 4 heterocycles. The maximum atomic E-state index is 12.3. The van der Waals surface area contributed by atoms with Crippen LogP contribution in [0.25, 0.3) is 0 Å². The highest BCUT2D eigenvalue weighted by atomic mass is 16.6. The minimum absolute atomic E-state index is 0.0738. The number of hydrogen-bond acceptors (Lipinski definition) is 8. The maximum absolute atomic E-state index is 12.3. The van der Waals surface area contributed by atoms with E-state index in [9.17, 15) is 19.2 Å². The summed E-state index contributed by atoms with van der Waals surface area (Å²) in [5, 5.41) is 8.90. The molecule has 4 aliphatic rings. The van der Waals surface area contributed by atoms with E-state index in [4.69, 9.17) is 20.3 Å². The molecule has 0 spiro atoms. The molecule has 4 fully saturated rings. The van der Waals surface area contributed by atoms with Gasteiger partial charge in [0, 0.05) is 63.7 Å². The lowest BCUT2D eigenvalue weighted by Crippen LogP contribution is -2.44. The average Bonchev–Trinajstić information content (AvgIpc) is 3.17. The van der Waals surface area contributed by atoms with Gasteiger partial charge in [-0.3, -0.25) is 9.59 Å². The van der Waals surface area contributed by atoms with Gasteiger partial charge in [0.2, 0.25) is 5.91 Å². The average molecular weight is 804 g/mol. The number of likely N-dealkylation sites (tertiary alicyclic amines) is 2. The summed E-state index contributed by atoms with van der Waals surface area (Å²) in [5.74, 6) is 1.76. The molecular weight excluding hydrogens is 735 g/mol. The number of carbonyl (C=O) groups is 4. The summed E-state index contributed by atoms with van der Waals surface area (Å²) in [6.07, 6.45) is 9.03. The van der Waals surface area contributed by atoms with Crippen LogP contribution in [0.3, 0.4) is 0 Å². The van der Waals surface area contributed by atoms with E-state index in [1.54, 1.807) is 0 Å². The molecule has 0 bridgehead atoms. The summed E-state index contributed by atoms with van der Waals surface area (Å²) in [6.45, 7) is 18.9. The lowest BCUT2D eigenvalue weighted by molar-refractivity contribution is -0.136. The number of carbonyl (C=O) groups excluding carboxylic acids is 3. The predicted molar refractivity (Wildman–Crippen MR) is 228 cm³/mol. The first-order valence-electron chi connectivity index (χ1n) is 21.6. The Hall–Kier alpha value is -4.48. The Balaban J connectivity index is 0.000000221. The molecule has 0 aliphatic carbocycles. The van der Waals surface area contributed by atoms with Crippen molar-refractivity contribution < 1.29 is 33.8 Å². The highest BCUT2D eigenvalue weighted by Gasteiger charge is 2.34. The van der Waals surface area contributed by atoms with Gasteiger partial charge in [0.05, 0.1) is 12.8 Å². The Labute approximate surface area is 346 Å². The first-order chi connectivity index (χ1) is 27.4. The van der Waals surface area contributed by atoms with Gasteiger partial charge >= 0.3 is 18.2 Å². The molecule has 12 nitrogen and oxygen atoms in total. The Morgan fingerprint density at radius 2 is 0.828 bits per heavy atom. The largest absolute Gasteiger partial charge is 0.481 e. The summed E-state index contributed by atoms with van der Waals surface area (Å²) in [5.41, 5.74) is 8.60. The molecule has 3 amide bonds. The van der Waals surface area contributed by atoms with Crippen LogP contribution in [0.15, 0.2) is 48.5 Å². The number of piperidine rings is 4. The Morgan fingerprint density at radius 3 is 1.10 bits per heavy atom. The van der Waals surface area contributed by atoms with Crippen molar-refractivity contribution >= 4 is 35.4 Å². The van der Waals surface area contributed by atoms with Crippen LogP contribution in [0.5, 0.6) is 0 Å². The first-order valence-corrected chi connectivity index (χ1v) is 21.6. The number of ether oxygens (including phenoxy) is 2. The van der Waals surface area contributed by atoms with Crippen molar-refractivity contribution in [1.82, 2.24) is 9.80 Å². The molecule has 4 saturated heterocycles. The van der Waals surface area contributed by atoms with E-state index in [2.05, 4.69) is 21.9 Å². The lowest BCUT2D eigenvalue weighted by Gasteiger charge is -2.41. The van der Waals surface area contributed by atoms with E-state index >= 15 is 0 Å². The number of nitrogens with zero attached hydrogens (tertiary/aromatic N) is 4. The lowest BCUT2D eigenvalue weighted by atomic mass is 9.79. The monoisotopic (exact) mass is 804 g/mol. The number of rotatable bonds is 8. The third-order valence-electron chi connectivity index (χ3n) is 12.1. The van der Waals surface area contributed by atoms with Gasteiger partial charge in [-0.05, 0) is 152 Å². The van der Waals surface area contributed by atoms with Gasteiger partial charge in [-0.1, -0.05) is 24.3 Å². The van der Waals surface area contributed by atoms with Crippen molar-refractivity contribution in [2.75, 3.05) is 62.2 Å². The highest BCUT2D eigenvalue weighted by molar-refractivity contribution is 5.76. The number of carboxylic acids is 1. The van der Waals surface area contributed by atoms with E-state index in [1.807, 2.05) is 87.7 Å². The summed E-state index contributed by atoms with van der Waals surface area (Å²) in [7, 11) is 0. The zero-order valence-electron chi connectivity index (χ0n) is 35.9. The van der Waals surface area contributed by atoms with Crippen LogP contribution in [0.2, 0.25) is 0 Å². The molecular formula is C46H69N5O7. The predicted octanol–water partition coefficient (Wildman–Crippen LogP) is 7.76. The van der Waals surface area contributed by atoms with E-state index in [0.29, 0.717) is 18.3 Å². The molecule has 2 aromatic carbocycles. The van der Waals surface area contributed by atoms with Crippen LogP contribution in [0, 0.1) is 23.7 Å². The minimum atomic E-state index is -0.795. The van der Waals surface area contributed by atoms with Crippen LogP contribution in [0.4, 0.5) is 21.0 Å². The fourth-order valence-electron chi connectivity index (χ4n) is 9.04. The zero-order valence-corrected chi connectivity index (χ0v) is 35.9. The standard InChI is InChI=1S/C23H35N3O3.C23H34N2O4/c1-23(2,3)29-22(28)26-14-10-19(11-15-26)18-8-12-25(13-9-18)20-6-4-17(5-7-20)16-21(24)27;1-23(2,3)29-22(28)25-14-10-19(11-15-25)18-8-12-24(13-9-18)20-6-4-17(5-7-20)16-21(26)27/h4-7,18-19H,8-16H2,1-3H3,(H2,24,27);4-7,18-19H,8-16H2,1-3H3,(H,26,27). The van der Waals surface area contributed by atoms with Crippen LogP contribution < -0.4 is 15.5 Å². The van der Waals surface area contributed by atoms with Gasteiger partial charge < -0.3 is 39.9 Å². The number of hydrogen-bond donors (Lipinski definition) is 2. The second kappa shape index (κ2) is 20.0. The maximum Gasteiger partial charge on any atom is 0.410 e. The topological polar surface area (TPSA) is 146 Å². The summed E-state index contributed by atoms with van der Waals surface area (Å²) < 4.78 is 11.0. The molecule has 0 saturated carbocycles. The number of nitrogens with two attached hydrogens (primary N) is 1. The molecule has 3 N–H and O–H groups in total. The molecule has 320 valence electrons. The number of benzene rings is 2. The molecule has 12 heteroatoms. The fraction of sp³-hybridized carbons (Fsp3) is 0.652. The molecule has 6 rings (SSSR count). The number of anilines is 2. The molecule has 0 aromatic heterocycles. The van der Waals surface area contributed by atoms with E-state index < -0.39 is 17.2 Å². The Bertz CT molecular complexity index is 1510. The van der Waals surface area contributed by atoms with Gasteiger partial charge in [0.25, 0.3) is 0 Å². The number of amides is 3. The Kier molecular flexibility index (Phi) is 15.4. The number of carboxylic acid groups (broad SMARTS) is 1. The van der Waals surface area contributed by atoms with Gasteiger partial charge in [-0.25, -0.2) is 9.59 Å². The molecule has 2 aromatic rings. The normalized spacial score (nSPS) is 19.3. The van der Waals surface area contributed by atoms with Crippen LogP contribution in [-0.4, -0.2) is 103 Å². The van der Waals surface area contributed by atoms with Crippen molar-refractivity contribution in [3.8, 4) is 0 Å². The van der Waals surface area contributed by atoms with Crippen molar-refractivity contribution in [3.05, 3.63) is 59.7 Å². The highest BCUT2D eigenvalue weighted by Crippen LogP contribution is 2.36. The number of primary amides is 1. The minimum Gasteiger partial charge on any atom is -0.481 e. The van der Waals surface area contributed by atoms with E-state index in [0.717, 1.165) is 101 Å². The second-order valence-corrected chi connectivity index (χ2v) is 18.8. The van der Waals surface area contributed by atoms with Crippen LogP contribution in [0.1, 0.15) is 104 Å². The van der Waals surface area contributed by atoms with Crippen molar-refractivity contribution in [2.45, 2.75) is 117 Å². The summed E-state index contributed by atoms with van der Waals surface area (Å²) in [6, 6.07) is 16.1. The van der Waals surface area contributed by atoms with Crippen LogP contribution >= 0.6 is 0 Å². The van der Waals surface area contributed by atoms with Crippen molar-refractivity contribution in [3.63, 3.8) is 0 Å². The summed E-state index contributed by atoms with van der Waals surface area (Å²) in [4.78, 5) is 54.9. The molecule has 0 atom stereocenters. The Morgan fingerprint density at radius 1 is 0.534 bits per heavy atom. The first kappa shape index (κ1) is 44.6. The van der Waals surface area contributed by atoms with Gasteiger partial charge in [0.1, 0.15) is 11.2 Å². The summed E-state index contributed by atoms with van der Waals surface area (Å²) >= 11 is 0. The third kappa shape index (κ3) is 13.8. The zero-order chi connectivity index (χ0) is 42.0. The number of aliphatic carboxylic acids is 1. The molecule has 58 heavy (non-hydrogen) atoms. The van der Waals surface area contributed by atoms with E-state index in [1.165, 1.54) is 37.1 Å². The quantitative estimate of drug-likeness (QED) is 0.274. The second-order valence-electron chi connectivity index (χ2n) is 18.8. The SMILES string of the molecule is CC(C)(C)OC(=O)N1CCC(C2CCN(c3ccc(CC(=O)O)cc3)CC2)CC1.CC(C)(C)OC(=O)N1CCC(C2CCN(c3ccc(CC(N)=O)cc3)CC2)CC1. The van der Waals surface area contributed by atoms with E-state index in [-0.39, 0.29) is 24.5 Å². The van der Waals surface area contributed by atoms with Crippen molar-refractivity contribution in [2.24, 2.45) is 29.4 Å². The smallest absolute Gasteiger partial charge is 0.410 e. The molecule has 4 aliphatic heterocycles. The third-order valence-corrected chi connectivity index (χ3v) is 12.1. The fourth-order valence-corrected chi connectivity index (χ4v) is 9.04. The van der Waals surface area contributed by atoms with Crippen LogP contribution in [-0.2, 0) is 31.9 Å². The molecule has 0 radical (unpaired) electrons. The van der Waals surface area contributed by atoms with Gasteiger partial charge in [-0.15, -0.1) is 0 Å².